The Morgan fingerprint density at radius 3 is 2.44 bits per heavy atom. The minimum atomic E-state index is 0.0704. The first-order chi connectivity index (χ1) is 13.3. The maximum atomic E-state index is 13.1. The molecule has 3 fully saturated rings. The third kappa shape index (κ3) is 4.88. The summed E-state index contributed by atoms with van der Waals surface area (Å²) >= 11 is 0. The molecule has 0 aromatic carbocycles. The summed E-state index contributed by atoms with van der Waals surface area (Å²) in [5, 5.41) is 0. The molecule has 1 amide bonds. The first-order valence-corrected chi connectivity index (χ1v) is 10.8. The standard InChI is InChI=1S/C22H33N3O2/c26-22-16-24(19-9-4-5-10-19)14-21(27-17-18-8-6-7-13-23-18)15-25(22)20-11-2-1-3-12-20/h6-8,13,19-21H,1-5,9-12,14-17H2. The van der Waals surface area contributed by atoms with Crippen molar-refractivity contribution in [3.63, 3.8) is 0 Å². The number of aromatic nitrogens is 1. The number of carbonyl (C=O) groups is 1. The van der Waals surface area contributed by atoms with Gasteiger partial charge >= 0.3 is 0 Å². The van der Waals surface area contributed by atoms with Gasteiger partial charge in [0.2, 0.25) is 5.91 Å². The Morgan fingerprint density at radius 1 is 0.963 bits per heavy atom. The average Bonchev–Trinajstić information content (AvgIpc) is 3.20. The molecule has 5 nitrogen and oxygen atoms in total. The molecule has 4 rings (SSSR count). The van der Waals surface area contributed by atoms with E-state index in [1.165, 1.54) is 44.9 Å². The van der Waals surface area contributed by atoms with E-state index in [4.69, 9.17) is 4.74 Å². The number of pyridine rings is 1. The van der Waals surface area contributed by atoms with Gasteiger partial charge in [0, 0.05) is 31.4 Å². The highest BCUT2D eigenvalue weighted by molar-refractivity contribution is 5.79. The molecule has 1 atom stereocenters. The van der Waals surface area contributed by atoms with Crippen LogP contribution in [0, 0.1) is 0 Å². The van der Waals surface area contributed by atoms with Crippen LogP contribution in [0.2, 0.25) is 0 Å². The number of ether oxygens (including phenoxy) is 1. The number of rotatable bonds is 5. The Bertz CT molecular complexity index is 597. The molecule has 1 saturated heterocycles. The molecule has 0 bridgehead atoms. The van der Waals surface area contributed by atoms with Crippen LogP contribution < -0.4 is 0 Å². The van der Waals surface area contributed by atoms with E-state index in [-0.39, 0.29) is 6.10 Å². The highest BCUT2D eigenvalue weighted by Gasteiger charge is 2.36. The lowest BCUT2D eigenvalue weighted by Crippen LogP contribution is -2.46. The van der Waals surface area contributed by atoms with E-state index in [9.17, 15) is 4.79 Å². The molecule has 2 saturated carbocycles. The van der Waals surface area contributed by atoms with Gasteiger partial charge in [-0.25, -0.2) is 0 Å². The molecule has 3 aliphatic rings. The van der Waals surface area contributed by atoms with Crippen molar-refractivity contribution in [2.45, 2.75) is 82.6 Å². The van der Waals surface area contributed by atoms with E-state index in [0.29, 0.717) is 31.1 Å². The summed E-state index contributed by atoms with van der Waals surface area (Å²) in [6.45, 7) is 2.70. The quantitative estimate of drug-likeness (QED) is 0.796. The maximum Gasteiger partial charge on any atom is 0.237 e. The fourth-order valence-corrected chi connectivity index (χ4v) is 5.05. The van der Waals surface area contributed by atoms with Crippen molar-refractivity contribution in [2.24, 2.45) is 0 Å². The van der Waals surface area contributed by atoms with Gasteiger partial charge in [0.25, 0.3) is 0 Å². The van der Waals surface area contributed by atoms with Crippen LogP contribution in [-0.2, 0) is 16.1 Å². The van der Waals surface area contributed by atoms with E-state index in [1.807, 2.05) is 24.4 Å². The van der Waals surface area contributed by atoms with Crippen LogP contribution in [0.3, 0.4) is 0 Å². The predicted octanol–water partition coefficient (Wildman–Crippen LogP) is 3.39. The lowest BCUT2D eigenvalue weighted by molar-refractivity contribution is -0.135. The van der Waals surface area contributed by atoms with Gasteiger partial charge in [0.05, 0.1) is 24.9 Å². The number of hydrogen-bond acceptors (Lipinski definition) is 4. The van der Waals surface area contributed by atoms with E-state index in [1.54, 1.807) is 0 Å². The summed E-state index contributed by atoms with van der Waals surface area (Å²) in [7, 11) is 0. The first kappa shape index (κ1) is 18.9. The fourth-order valence-electron chi connectivity index (χ4n) is 5.05. The molecule has 2 heterocycles. The molecule has 27 heavy (non-hydrogen) atoms. The number of carbonyl (C=O) groups excluding carboxylic acids is 1. The molecule has 0 radical (unpaired) electrons. The summed E-state index contributed by atoms with van der Waals surface area (Å²) < 4.78 is 6.31. The van der Waals surface area contributed by atoms with Gasteiger partial charge in [-0.15, -0.1) is 0 Å². The van der Waals surface area contributed by atoms with Crippen LogP contribution >= 0.6 is 0 Å². The molecule has 1 unspecified atom stereocenters. The van der Waals surface area contributed by atoms with Crippen molar-refractivity contribution in [3.8, 4) is 0 Å². The lowest BCUT2D eigenvalue weighted by atomic mass is 9.94. The van der Waals surface area contributed by atoms with E-state index in [0.717, 1.165) is 31.6 Å². The average molecular weight is 372 g/mol. The molecule has 0 spiro atoms. The number of nitrogens with zero attached hydrogens (tertiary/aromatic N) is 3. The van der Waals surface area contributed by atoms with Crippen molar-refractivity contribution >= 4 is 5.91 Å². The molecule has 5 heteroatoms. The number of amides is 1. The third-order valence-electron chi connectivity index (χ3n) is 6.55. The van der Waals surface area contributed by atoms with Crippen molar-refractivity contribution < 1.29 is 9.53 Å². The van der Waals surface area contributed by atoms with Crippen LogP contribution in [0.15, 0.2) is 24.4 Å². The summed E-state index contributed by atoms with van der Waals surface area (Å²) in [4.78, 5) is 22.1. The van der Waals surface area contributed by atoms with E-state index < -0.39 is 0 Å². The molecule has 1 aromatic rings. The van der Waals surface area contributed by atoms with Crippen molar-refractivity contribution in [2.75, 3.05) is 19.6 Å². The Morgan fingerprint density at radius 2 is 1.70 bits per heavy atom. The third-order valence-corrected chi connectivity index (χ3v) is 6.55. The fraction of sp³-hybridized carbons (Fsp3) is 0.727. The smallest absolute Gasteiger partial charge is 0.237 e. The Kier molecular flexibility index (Phi) is 6.40. The number of hydrogen-bond donors (Lipinski definition) is 0. The Labute approximate surface area is 163 Å². The summed E-state index contributed by atoms with van der Waals surface area (Å²) in [5.74, 6) is 0.317. The Balaban J connectivity index is 1.46. The zero-order valence-corrected chi connectivity index (χ0v) is 16.4. The van der Waals surface area contributed by atoms with E-state index in [2.05, 4.69) is 14.8 Å². The predicted molar refractivity (Wildman–Crippen MR) is 105 cm³/mol. The molecular weight excluding hydrogens is 338 g/mol. The second-order valence-corrected chi connectivity index (χ2v) is 8.46. The van der Waals surface area contributed by atoms with Crippen molar-refractivity contribution in [1.82, 2.24) is 14.8 Å². The van der Waals surface area contributed by atoms with Crippen molar-refractivity contribution in [3.05, 3.63) is 30.1 Å². The van der Waals surface area contributed by atoms with Crippen molar-refractivity contribution in [1.29, 1.82) is 0 Å². The first-order valence-electron chi connectivity index (χ1n) is 10.8. The minimum absolute atomic E-state index is 0.0704. The van der Waals surface area contributed by atoms with Crippen LogP contribution in [-0.4, -0.2) is 58.5 Å². The van der Waals surface area contributed by atoms with Crippen LogP contribution in [0.5, 0.6) is 0 Å². The van der Waals surface area contributed by atoms with Crippen LogP contribution in [0.4, 0.5) is 0 Å². The van der Waals surface area contributed by atoms with Crippen LogP contribution in [0.25, 0.3) is 0 Å². The Hall–Kier alpha value is -1.46. The molecule has 1 aliphatic heterocycles. The SMILES string of the molecule is O=C1CN(C2CCCC2)CC(OCc2ccccn2)CN1C1CCCCC1. The normalized spacial score (nSPS) is 26.4. The monoisotopic (exact) mass is 371 g/mol. The molecule has 0 N–H and O–H groups in total. The summed E-state index contributed by atoms with van der Waals surface area (Å²) in [6.07, 6.45) is 13.0. The van der Waals surface area contributed by atoms with Gasteiger partial charge in [-0.1, -0.05) is 38.2 Å². The van der Waals surface area contributed by atoms with Crippen LogP contribution in [0.1, 0.15) is 63.5 Å². The maximum absolute atomic E-state index is 13.1. The second kappa shape index (κ2) is 9.16. The molecule has 148 valence electrons. The topological polar surface area (TPSA) is 45.7 Å². The molecule has 1 aromatic heterocycles. The highest BCUT2D eigenvalue weighted by atomic mass is 16.5. The van der Waals surface area contributed by atoms with Gasteiger partial charge in [0.15, 0.2) is 0 Å². The second-order valence-electron chi connectivity index (χ2n) is 8.46. The van der Waals surface area contributed by atoms with Gasteiger partial charge in [-0.3, -0.25) is 14.7 Å². The molecular formula is C22H33N3O2. The lowest BCUT2D eigenvalue weighted by Gasteiger charge is -2.35. The zero-order chi connectivity index (χ0) is 18.5. The van der Waals surface area contributed by atoms with Gasteiger partial charge in [0.1, 0.15) is 0 Å². The van der Waals surface area contributed by atoms with Gasteiger partial charge in [-0.05, 0) is 37.8 Å². The zero-order valence-electron chi connectivity index (χ0n) is 16.4. The summed E-state index contributed by atoms with van der Waals surface area (Å²) in [5.41, 5.74) is 0.963. The van der Waals surface area contributed by atoms with Gasteiger partial charge in [-0.2, -0.15) is 0 Å². The largest absolute Gasteiger partial charge is 0.369 e. The minimum Gasteiger partial charge on any atom is -0.369 e. The summed E-state index contributed by atoms with van der Waals surface area (Å²) in [6, 6.07) is 6.91. The highest BCUT2D eigenvalue weighted by Crippen LogP contribution is 2.28. The van der Waals surface area contributed by atoms with Gasteiger partial charge < -0.3 is 9.64 Å². The molecule has 2 aliphatic carbocycles. The van der Waals surface area contributed by atoms with E-state index >= 15 is 0 Å².